The molecule has 0 N–H and O–H groups in total. The normalized spacial score (nSPS) is 11.0. The predicted octanol–water partition coefficient (Wildman–Crippen LogP) is 5.45. The number of allylic oxidation sites excluding steroid dienone is 1. The van der Waals surface area contributed by atoms with E-state index in [1.165, 1.54) is 0 Å². The van der Waals surface area contributed by atoms with Crippen molar-refractivity contribution in [2.24, 2.45) is 0 Å². The third-order valence-corrected chi connectivity index (χ3v) is 4.81. The SMILES string of the molecule is O=C(/C=C/c1ccccc1)c1ccc(OCc2cn(Cc3cccc(Cl)c3)nn2)cc1. The maximum Gasteiger partial charge on any atom is 0.185 e. The Labute approximate surface area is 185 Å². The Kier molecular flexibility index (Phi) is 6.55. The van der Waals surface area contributed by atoms with Gasteiger partial charge in [0.2, 0.25) is 0 Å². The summed E-state index contributed by atoms with van der Waals surface area (Å²) < 4.78 is 7.51. The second kappa shape index (κ2) is 9.87. The van der Waals surface area contributed by atoms with Gasteiger partial charge in [-0.05, 0) is 53.6 Å². The van der Waals surface area contributed by atoms with E-state index >= 15 is 0 Å². The highest BCUT2D eigenvalue weighted by molar-refractivity contribution is 6.30. The average Bonchev–Trinajstić information content (AvgIpc) is 3.24. The summed E-state index contributed by atoms with van der Waals surface area (Å²) in [5.41, 5.74) is 3.35. The summed E-state index contributed by atoms with van der Waals surface area (Å²) in [5.74, 6) is 0.604. The molecule has 1 heterocycles. The molecule has 4 rings (SSSR count). The van der Waals surface area contributed by atoms with Crippen molar-refractivity contribution in [3.05, 3.63) is 119 Å². The van der Waals surface area contributed by atoms with Crippen molar-refractivity contribution < 1.29 is 9.53 Å². The molecule has 1 aromatic heterocycles. The molecular formula is C25H20ClN3O2. The van der Waals surface area contributed by atoms with Crippen molar-refractivity contribution in [2.75, 3.05) is 0 Å². The summed E-state index contributed by atoms with van der Waals surface area (Å²) in [6.07, 6.45) is 5.22. The first kappa shape index (κ1) is 20.6. The third kappa shape index (κ3) is 5.90. The molecule has 0 aliphatic carbocycles. The van der Waals surface area contributed by atoms with Crippen LogP contribution in [0.1, 0.15) is 27.2 Å². The number of carbonyl (C=O) groups is 1. The standard InChI is InChI=1S/C25H20ClN3O2/c26-22-8-4-7-20(15-22)16-29-17-23(27-28-29)18-31-24-12-10-21(11-13-24)25(30)14-9-19-5-2-1-3-6-19/h1-15,17H,16,18H2/b14-9+. The number of carbonyl (C=O) groups excluding carboxylic acids is 1. The molecule has 0 saturated carbocycles. The zero-order chi connectivity index (χ0) is 21.5. The van der Waals surface area contributed by atoms with Crippen LogP contribution >= 0.6 is 11.6 Å². The van der Waals surface area contributed by atoms with Gasteiger partial charge >= 0.3 is 0 Å². The third-order valence-electron chi connectivity index (χ3n) is 4.57. The molecule has 0 saturated heterocycles. The van der Waals surface area contributed by atoms with Crippen molar-refractivity contribution in [2.45, 2.75) is 13.2 Å². The number of nitrogens with zero attached hydrogens (tertiary/aromatic N) is 3. The second-order valence-corrected chi connectivity index (χ2v) is 7.40. The molecule has 154 valence electrons. The van der Waals surface area contributed by atoms with Gasteiger partial charge in [-0.25, -0.2) is 4.68 Å². The van der Waals surface area contributed by atoms with Gasteiger partial charge in [0.25, 0.3) is 0 Å². The molecule has 5 nitrogen and oxygen atoms in total. The van der Waals surface area contributed by atoms with Gasteiger partial charge in [-0.1, -0.05) is 65.4 Å². The van der Waals surface area contributed by atoms with Crippen LogP contribution in [0.2, 0.25) is 5.02 Å². The summed E-state index contributed by atoms with van der Waals surface area (Å²) >= 11 is 6.02. The lowest BCUT2D eigenvalue weighted by atomic mass is 10.1. The lowest BCUT2D eigenvalue weighted by molar-refractivity contribution is 0.104. The topological polar surface area (TPSA) is 57.0 Å². The molecule has 0 atom stereocenters. The number of ether oxygens (including phenoxy) is 1. The maximum absolute atomic E-state index is 12.3. The van der Waals surface area contributed by atoms with Crippen LogP contribution in [0.3, 0.4) is 0 Å². The smallest absolute Gasteiger partial charge is 0.185 e. The summed E-state index contributed by atoms with van der Waals surface area (Å²) in [5, 5.41) is 8.96. The average molecular weight is 430 g/mol. The fourth-order valence-corrected chi connectivity index (χ4v) is 3.22. The number of benzene rings is 3. The fourth-order valence-electron chi connectivity index (χ4n) is 3.01. The summed E-state index contributed by atoms with van der Waals surface area (Å²) in [6.45, 7) is 0.873. The van der Waals surface area contributed by atoms with Gasteiger partial charge in [-0.3, -0.25) is 4.79 Å². The monoisotopic (exact) mass is 429 g/mol. The minimum absolute atomic E-state index is 0.0561. The van der Waals surface area contributed by atoms with E-state index in [0.717, 1.165) is 11.1 Å². The summed E-state index contributed by atoms with van der Waals surface area (Å²) in [4.78, 5) is 12.3. The van der Waals surface area contributed by atoms with Gasteiger partial charge in [0.05, 0.1) is 12.7 Å². The van der Waals surface area contributed by atoms with Crippen LogP contribution in [0, 0.1) is 0 Å². The van der Waals surface area contributed by atoms with Gasteiger partial charge < -0.3 is 4.74 Å². The molecule has 0 spiro atoms. The van der Waals surface area contributed by atoms with Crippen LogP contribution < -0.4 is 4.74 Å². The molecule has 0 radical (unpaired) electrons. The van der Waals surface area contributed by atoms with E-state index in [1.807, 2.05) is 60.8 Å². The summed E-state index contributed by atoms with van der Waals surface area (Å²) in [6, 6.07) is 24.4. The second-order valence-electron chi connectivity index (χ2n) is 6.96. The number of aromatic nitrogens is 3. The van der Waals surface area contributed by atoms with E-state index in [-0.39, 0.29) is 12.4 Å². The molecular weight excluding hydrogens is 410 g/mol. The van der Waals surface area contributed by atoms with Crippen LogP contribution in [0.15, 0.2) is 91.1 Å². The van der Waals surface area contributed by atoms with Crippen LogP contribution in [0.4, 0.5) is 0 Å². The molecule has 6 heteroatoms. The van der Waals surface area contributed by atoms with E-state index < -0.39 is 0 Å². The Morgan fingerprint density at radius 2 is 1.81 bits per heavy atom. The Morgan fingerprint density at radius 1 is 1.00 bits per heavy atom. The Bertz CT molecular complexity index is 1180. The number of rotatable bonds is 8. The summed E-state index contributed by atoms with van der Waals surface area (Å²) in [7, 11) is 0. The van der Waals surface area contributed by atoms with Crippen LogP contribution in [-0.4, -0.2) is 20.8 Å². The van der Waals surface area contributed by atoms with E-state index in [4.69, 9.17) is 16.3 Å². The zero-order valence-corrected chi connectivity index (χ0v) is 17.4. The molecule has 0 bridgehead atoms. The number of ketones is 1. The largest absolute Gasteiger partial charge is 0.487 e. The fraction of sp³-hybridized carbons (Fsp3) is 0.0800. The van der Waals surface area contributed by atoms with Gasteiger partial charge in [0, 0.05) is 10.6 Å². The predicted molar refractivity (Wildman–Crippen MR) is 121 cm³/mol. The quantitative estimate of drug-likeness (QED) is 0.276. The van der Waals surface area contributed by atoms with Crippen LogP contribution in [0.5, 0.6) is 5.75 Å². The van der Waals surface area contributed by atoms with E-state index in [0.29, 0.717) is 28.6 Å². The molecule has 3 aromatic carbocycles. The number of hydrogen-bond donors (Lipinski definition) is 0. The Balaban J connectivity index is 1.31. The van der Waals surface area contributed by atoms with Gasteiger partial charge in [0.15, 0.2) is 5.78 Å². The highest BCUT2D eigenvalue weighted by atomic mass is 35.5. The van der Waals surface area contributed by atoms with E-state index in [9.17, 15) is 4.79 Å². The van der Waals surface area contributed by atoms with Crippen molar-refractivity contribution >= 4 is 23.5 Å². The first-order valence-corrected chi connectivity index (χ1v) is 10.2. The maximum atomic E-state index is 12.3. The van der Waals surface area contributed by atoms with Gasteiger partial charge in [-0.15, -0.1) is 5.10 Å². The minimum Gasteiger partial charge on any atom is -0.487 e. The Hall–Kier alpha value is -3.70. The number of hydrogen-bond acceptors (Lipinski definition) is 4. The lowest BCUT2D eigenvalue weighted by Crippen LogP contribution is -2.00. The highest BCUT2D eigenvalue weighted by Crippen LogP contribution is 2.16. The van der Waals surface area contributed by atoms with Crippen LogP contribution in [0.25, 0.3) is 6.08 Å². The molecule has 0 amide bonds. The van der Waals surface area contributed by atoms with Crippen molar-refractivity contribution in [3.63, 3.8) is 0 Å². The van der Waals surface area contributed by atoms with Crippen LogP contribution in [-0.2, 0) is 13.2 Å². The van der Waals surface area contributed by atoms with Crippen molar-refractivity contribution in [1.29, 1.82) is 0 Å². The number of halogens is 1. The molecule has 0 unspecified atom stereocenters. The minimum atomic E-state index is -0.0561. The van der Waals surface area contributed by atoms with Gasteiger partial charge in [-0.2, -0.15) is 0 Å². The molecule has 31 heavy (non-hydrogen) atoms. The van der Waals surface area contributed by atoms with E-state index in [2.05, 4.69) is 10.3 Å². The van der Waals surface area contributed by atoms with Crippen molar-refractivity contribution in [1.82, 2.24) is 15.0 Å². The van der Waals surface area contributed by atoms with Gasteiger partial charge in [0.1, 0.15) is 18.1 Å². The molecule has 4 aromatic rings. The van der Waals surface area contributed by atoms with E-state index in [1.54, 1.807) is 41.1 Å². The molecule has 0 fully saturated rings. The Morgan fingerprint density at radius 3 is 2.58 bits per heavy atom. The molecule has 0 aliphatic rings. The zero-order valence-electron chi connectivity index (χ0n) is 16.7. The van der Waals surface area contributed by atoms with Crippen molar-refractivity contribution in [3.8, 4) is 5.75 Å². The first-order valence-electron chi connectivity index (χ1n) is 9.79. The molecule has 0 aliphatic heterocycles. The highest BCUT2D eigenvalue weighted by Gasteiger charge is 2.05. The lowest BCUT2D eigenvalue weighted by Gasteiger charge is -2.04. The first-order chi connectivity index (χ1) is 15.2.